The lowest BCUT2D eigenvalue weighted by molar-refractivity contribution is 0.0559. The van der Waals surface area contributed by atoms with Crippen molar-refractivity contribution in [2.75, 3.05) is 7.11 Å². The Morgan fingerprint density at radius 1 is 1.47 bits per heavy atom. The lowest BCUT2D eigenvalue weighted by Gasteiger charge is -2.15. The van der Waals surface area contributed by atoms with Gasteiger partial charge in [0.25, 0.3) is 0 Å². The summed E-state index contributed by atoms with van der Waals surface area (Å²) in [4.78, 5) is 16.2. The molecule has 0 bridgehead atoms. The molecule has 1 heterocycles. The van der Waals surface area contributed by atoms with Crippen LogP contribution in [0.4, 0.5) is 0 Å². The molecule has 4 heteroatoms. The van der Waals surface area contributed by atoms with Crippen molar-refractivity contribution in [1.29, 1.82) is 0 Å². The minimum absolute atomic E-state index is 0.219. The lowest BCUT2D eigenvalue weighted by atomic mass is 9.91. The van der Waals surface area contributed by atoms with Gasteiger partial charge in [0.2, 0.25) is 5.76 Å². The fourth-order valence-electron chi connectivity index (χ4n) is 1.90. The minimum atomic E-state index is -0.443. The maximum Gasteiger partial charge on any atom is 0.376 e. The lowest BCUT2D eigenvalue weighted by Crippen LogP contribution is -2.17. The summed E-state index contributed by atoms with van der Waals surface area (Å²) in [6.07, 6.45) is 1.09. The Labute approximate surface area is 101 Å². The highest BCUT2D eigenvalue weighted by Crippen LogP contribution is 2.47. The SMILES string of the molecule is COC(=O)c1oc(C2CC2C)nc1C(C)(C)C. The molecule has 2 atom stereocenters. The standard InChI is InChI=1S/C13H19NO3/c1-7-6-8(7)11-14-10(13(2,3)4)9(17-11)12(15)16-5/h7-8H,6H2,1-5H3. The number of hydrogen-bond acceptors (Lipinski definition) is 4. The van der Waals surface area contributed by atoms with Gasteiger partial charge in [-0.1, -0.05) is 27.7 Å². The molecular weight excluding hydrogens is 218 g/mol. The molecular formula is C13H19NO3. The molecule has 0 aliphatic heterocycles. The number of carbonyl (C=O) groups is 1. The second-order valence-corrected chi connectivity index (χ2v) is 5.79. The Morgan fingerprint density at radius 2 is 2.06 bits per heavy atom. The maximum atomic E-state index is 11.7. The zero-order valence-electron chi connectivity index (χ0n) is 11.0. The van der Waals surface area contributed by atoms with Crippen LogP contribution in [0.2, 0.25) is 0 Å². The molecule has 1 aliphatic rings. The average Bonchev–Trinajstić information content (AvgIpc) is 2.80. The second-order valence-electron chi connectivity index (χ2n) is 5.79. The summed E-state index contributed by atoms with van der Waals surface area (Å²) in [6.45, 7) is 8.19. The van der Waals surface area contributed by atoms with Gasteiger partial charge in [-0.05, 0) is 12.3 Å². The number of carbonyl (C=O) groups excluding carboxylic acids is 1. The monoisotopic (exact) mass is 237 g/mol. The van der Waals surface area contributed by atoms with Crippen LogP contribution < -0.4 is 0 Å². The molecule has 1 saturated carbocycles. The first kappa shape index (κ1) is 12.1. The Hall–Kier alpha value is -1.32. The van der Waals surface area contributed by atoms with Gasteiger partial charge in [-0.15, -0.1) is 0 Å². The Bertz CT molecular complexity index is 442. The van der Waals surface area contributed by atoms with Crippen LogP contribution in [-0.2, 0) is 10.2 Å². The van der Waals surface area contributed by atoms with Crippen LogP contribution >= 0.6 is 0 Å². The van der Waals surface area contributed by atoms with Gasteiger partial charge >= 0.3 is 5.97 Å². The highest BCUT2D eigenvalue weighted by atomic mass is 16.5. The number of aromatic nitrogens is 1. The molecule has 0 spiro atoms. The highest BCUT2D eigenvalue weighted by Gasteiger charge is 2.41. The zero-order chi connectivity index (χ0) is 12.8. The van der Waals surface area contributed by atoms with Crippen molar-refractivity contribution in [2.45, 2.75) is 45.4 Å². The summed E-state index contributed by atoms with van der Waals surface area (Å²) in [7, 11) is 1.36. The van der Waals surface area contributed by atoms with Crippen molar-refractivity contribution < 1.29 is 13.9 Å². The quantitative estimate of drug-likeness (QED) is 0.742. The molecule has 2 rings (SSSR count). The van der Waals surface area contributed by atoms with Crippen molar-refractivity contribution in [2.24, 2.45) is 5.92 Å². The molecule has 0 radical (unpaired) electrons. The fraction of sp³-hybridized carbons (Fsp3) is 0.692. The van der Waals surface area contributed by atoms with Crippen LogP contribution in [0.25, 0.3) is 0 Å². The van der Waals surface area contributed by atoms with E-state index in [1.807, 2.05) is 20.8 Å². The summed E-state index contributed by atoms with van der Waals surface area (Å²) in [5, 5.41) is 0. The van der Waals surface area contributed by atoms with Crippen LogP contribution in [0.3, 0.4) is 0 Å². The molecule has 1 aliphatic carbocycles. The zero-order valence-corrected chi connectivity index (χ0v) is 11.0. The third-order valence-electron chi connectivity index (χ3n) is 3.15. The number of esters is 1. The first-order valence-corrected chi connectivity index (χ1v) is 5.94. The van der Waals surface area contributed by atoms with E-state index in [-0.39, 0.29) is 11.2 Å². The van der Waals surface area contributed by atoms with E-state index in [4.69, 9.17) is 9.15 Å². The van der Waals surface area contributed by atoms with Gasteiger partial charge in [0.05, 0.1) is 12.8 Å². The molecule has 94 valence electrons. The fourth-order valence-corrected chi connectivity index (χ4v) is 1.90. The first-order chi connectivity index (χ1) is 7.84. The van der Waals surface area contributed by atoms with Gasteiger partial charge in [0, 0.05) is 11.3 Å². The van der Waals surface area contributed by atoms with Crippen molar-refractivity contribution >= 4 is 5.97 Å². The molecule has 1 aromatic heterocycles. The van der Waals surface area contributed by atoms with Crippen LogP contribution in [0.15, 0.2) is 4.42 Å². The number of oxazole rings is 1. The van der Waals surface area contributed by atoms with E-state index in [2.05, 4.69) is 11.9 Å². The third kappa shape index (κ3) is 2.21. The summed E-state index contributed by atoms with van der Waals surface area (Å²) in [5.41, 5.74) is 0.474. The van der Waals surface area contributed by atoms with Crippen LogP contribution in [0, 0.1) is 5.92 Å². The van der Waals surface area contributed by atoms with Crippen LogP contribution in [-0.4, -0.2) is 18.1 Å². The van der Waals surface area contributed by atoms with E-state index >= 15 is 0 Å². The Morgan fingerprint density at radius 3 is 2.47 bits per heavy atom. The van der Waals surface area contributed by atoms with Gasteiger partial charge in [-0.25, -0.2) is 9.78 Å². The molecule has 1 fully saturated rings. The molecule has 1 aromatic rings. The number of nitrogens with zero attached hydrogens (tertiary/aromatic N) is 1. The topological polar surface area (TPSA) is 52.3 Å². The predicted octanol–water partition coefficient (Wildman–Crippen LogP) is 2.88. The van der Waals surface area contributed by atoms with Gasteiger partial charge in [0.15, 0.2) is 5.89 Å². The first-order valence-electron chi connectivity index (χ1n) is 5.94. The van der Waals surface area contributed by atoms with Crippen molar-refractivity contribution in [3.05, 3.63) is 17.3 Å². The summed E-state index contributed by atoms with van der Waals surface area (Å²) < 4.78 is 10.3. The summed E-state index contributed by atoms with van der Waals surface area (Å²) in [5.74, 6) is 1.47. The van der Waals surface area contributed by atoms with Gasteiger partial charge < -0.3 is 9.15 Å². The molecule has 4 nitrogen and oxygen atoms in total. The maximum absolute atomic E-state index is 11.7. The van der Waals surface area contributed by atoms with E-state index in [1.54, 1.807) is 0 Å². The minimum Gasteiger partial charge on any atom is -0.463 e. The van der Waals surface area contributed by atoms with Crippen LogP contribution in [0.1, 0.15) is 62.2 Å². The van der Waals surface area contributed by atoms with Crippen molar-refractivity contribution in [1.82, 2.24) is 4.98 Å². The molecule has 0 aromatic carbocycles. The van der Waals surface area contributed by atoms with E-state index in [9.17, 15) is 4.79 Å². The second kappa shape index (κ2) is 3.86. The van der Waals surface area contributed by atoms with Crippen molar-refractivity contribution in [3.63, 3.8) is 0 Å². The predicted molar refractivity (Wildman–Crippen MR) is 63.1 cm³/mol. The molecule has 2 unspecified atom stereocenters. The van der Waals surface area contributed by atoms with Gasteiger partial charge in [-0.3, -0.25) is 0 Å². The molecule has 17 heavy (non-hydrogen) atoms. The number of rotatable bonds is 2. The Balaban J connectivity index is 2.41. The number of hydrogen-bond donors (Lipinski definition) is 0. The Kier molecular flexibility index (Phi) is 2.76. The van der Waals surface area contributed by atoms with Crippen molar-refractivity contribution in [3.8, 4) is 0 Å². The summed E-state index contributed by atoms with van der Waals surface area (Å²) >= 11 is 0. The highest BCUT2D eigenvalue weighted by molar-refractivity contribution is 5.87. The van der Waals surface area contributed by atoms with Gasteiger partial charge in [-0.2, -0.15) is 0 Å². The van der Waals surface area contributed by atoms with E-state index < -0.39 is 5.97 Å². The van der Waals surface area contributed by atoms with E-state index in [1.165, 1.54) is 7.11 Å². The normalized spacial score (nSPS) is 23.6. The van der Waals surface area contributed by atoms with E-state index in [0.29, 0.717) is 23.4 Å². The van der Waals surface area contributed by atoms with Crippen LogP contribution in [0.5, 0.6) is 0 Å². The average molecular weight is 237 g/mol. The molecule has 0 N–H and O–H groups in total. The number of ether oxygens (including phenoxy) is 1. The summed E-state index contributed by atoms with van der Waals surface area (Å²) in [6, 6.07) is 0. The van der Waals surface area contributed by atoms with Gasteiger partial charge in [0.1, 0.15) is 0 Å². The number of methoxy groups -OCH3 is 1. The third-order valence-corrected chi connectivity index (χ3v) is 3.15. The molecule has 0 saturated heterocycles. The smallest absolute Gasteiger partial charge is 0.376 e. The molecule has 0 amide bonds. The van der Waals surface area contributed by atoms with E-state index in [0.717, 1.165) is 6.42 Å². The largest absolute Gasteiger partial charge is 0.463 e.